The number of nitrogens with zero attached hydrogens (tertiary/aromatic N) is 5. The molecule has 1 aliphatic carbocycles. The van der Waals surface area contributed by atoms with Crippen molar-refractivity contribution in [1.29, 1.82) is 0 Å². The number of alkyl halides is 3. The second-order valence-electron chi connectivity index (χ2n) is 8.61. The fraction of sp³-hybridized carbons (Fsp3) is 0.391. The third-order valence-corrected chi connectivity index (χ3v) is 6.44. The normalized spacial score (nSPS) is 23.1. The number of hydrogen-bond donors (Lipinski definition) is 0. The van der Waals surface area contributed by atoms with Crippen LogP contribution in [0.2, 0.25) is 0 Å². The van der Waals surface area contributed by atoms with Gasteiger partial charge in [-0.15, -0.1) is 10.2 Å². The highest BCUT2D eigenvalue weighted by molar-refractivity contribution is 5.98. The smallest absolute Gasteiger partial charge is 0.285 e. The molecule has 2 aliphatic rings. The van der Waals surface area contributed by atoms with Gasteiger partial charge >= 0.3 is 6.18 Å². The molecule has 3 aromatic rings. The molecule has 9 heteroatoms. The first kappa shape index (κ1) is 20.7. The number of carbonyl (C=O) groups is 1. The van der Waals surface area contributed by atoms with Gasteiger partial charge in [0.05, 0.1) is 5.56 Å². The van der Waals surface area contributed by atoms with E-state index in [0.717, 1.165) is 36.2 Å². The lowest BCUT2D eigenvalue weighted by atomic mass is 9.93. The van der Waals surface area contributed by atoms with E-state index in [0.29, 0.717) is 12.2 Å². The number of carbonyl (C=O) groups excluding carboxylic acids is 1. The first-order valence-corrected chi connectivity index (χ1v) is 10.6. The van der Waals surface area contributed by atoms with Crippen LogP contribution in [0.1, 0.15) is 47.9 Å². The zero-order valence-corrected chi connectivity index (χ0v) is 17.7. The first-order chi connectivity index (χ1) is 15.2. The Hall–Kier alpha value is -3.23. The molecule has 1 aliphatic heterocycles. The van der Waals surface area contributed by atoms with Gasteiger partial charge in [0.2, 0.25) is 5.91 Å². The summed E-state index contributed by atoms with van der Waals surface area (Å²) in [7, 11) is 0. The molecule has 166 valence electrons. The average molecular weight is 441 g/mol. The molecule has 6 nitrogen and oxygen atoms in total. The van der Waals surface area contributed by atoms with Crippen LogP contribution in [0.4, 0.5) is 19.0 Å². The van der Waals surface area contributed by atoms with E-state index in [-0.39, 0.29) is 29.3 Å². The summed E-state index contributed by atoms with van der Waals surface area (Å²) in [6, 6.07) is 9.21. The Morgan fingerprint density at radius 1 is 1.09 bits per heavy atom. The van der Waals surface area contributed by atoms with Crippen molar-refractivity contribution in [3.63, 3.8) is 0 Å². The quantitative estimate of drug-likeness (QED) is 0.586. The number of hydrogen-bond acceptors (Lipinski definition) is 4. The van der Waals surface area contributed by atoms with Crippen molar-refractivity contribution in [3.05, 3.63) is 65.4 Å². The van der Waals surface area contributed by atoms with E-state index in [9.17, 15) is 18.0 Å². The maximum atomic E-state index is 13.5. The predicted molar refractivity (Wildman–Crippen MR) is 111 cm³/mol. The van der Waals surface area contributed by atoms with Gasteiger partial charge in [0.1, 0.15) is 18.2 Å². The van der Waals surface area contributed by atoms with E-state index in [1.807, 2.05) is 35.8 Å². The number of aryl methyl sites for hydroxylation is 2. The van der Waals surface area contributed by atoms with E-state index in [2.05, 4.69) is 15.2 Å². The minimum atomic E-state index is -4.53. The van der Waals surface area contributed by atoms with E-state index in [1.54, 1.807) is 6.33 Å². The fourth-order valence-corrected chi connectivity index (χ4v) is 5.10. The summed E-state index contributed by atoms with van der Waals surface area (Å²) in [5.41, 5.74) is 1.28. The zero-order chi connectivity index (χ0) is 22.6. The molecule has 0 radical (unpaired) electrons. The van der Waals surface area contributed by atoms with Crippen molar-refractivity contribution >= 4 is 11.7 Å². The highest BCUT2D eigenvalue weighted by Gasteiger charge is 2.53. The SMILES string of the molecule is Cc1cccc(-n2cnnc2[C@H]2[C@@H]3CCC[C@@H]3C(=O)N2c2cc(C(F)(F)F)cc(C)n2)c1. The topological polar surface area (TPSA) is 63.9 Å². The average Bonchev–Trinajstić information content (AvgIpc) is 3.44. The third-order valence-electron chi connectivity index (χ3n) is 6.44. The second kappa shape index (κ2) is 7.43. The Labute approximate surface area is 183 Å². The minimum Gasteiger partial charge on any atom is -0.285 e. The summed E-state index contributed by atoms with van der Waals surface area (Å²) in [4.78, 5) is 19.2. The summed E-state index contributed by atoms with van der Waals surface area (Å²) in [5.74, 6) is 0.0597. The van der Waals surface area contributed by atoms with Crippen molar-refractivity contribution < 1.29 is 18.0 Å². The predicted octanol–water partition coefficient (Wildman–Crippen LogP) is 4.80. The molecular weight excluding hydrogens is 419 g/mol. The van der Waals surface area contributed by atoms with Gasteiger partial charge in [0.15, 0.2) is 5.82 Å². The highest BCUT2D eigenvalue weighted by Crippen LogP contribution is 2.51. The minimum absolute atomic E-state index is 0.0144. The second-order valence-corrected chi connectivity index (χ2v) is 8.61. The number of aromatic nitrogens is 4. The number of halogens is 3. The van der Waals surface area contributed by atoms with Gasteiger partial charge in [-0.3, -0.25) is 14.3 Å². The number of rotatable bonds is 3. The Morgan fingerprint density at radius 2 is 1.91 bits per heavy atom. The molecule has 1 saturated carbocycles. The molecule has 0 unspecified atom stereocenters. The number of benzene rings is 1. The van der Waals surface area contributed by atoms with E-state index >= 15 is 0 Å². The van der Waals surface area contributed by atoms with Gasteiger partial charge < -0.3 is 0 Å². The molecule has 1 aromatic carbocycles. The Kier molecular flexibility index (Phi) is 4.79. The van der Waals surface area contributed by atoms with E-state index in [1.165, 1.54) is 11.8 Å². The molecule has 3 heterocycles. The summed E-state index contributed by atoms with van der Waals surface area (Å²) in [6.07, 6.45) is -0.527. The summed E-state index contributed by atoms with van der Waals surface area (Å²) in [6.45, 7) is 3.48. The van der Waals surface area contributed by atoms with Gasteiger partial charge in [-0.05, 0) is 62.4 Å². The summed E-state index contributed by atoms with van der Waals surface area (Å²) in [5, 5.41) is 8.43. The number of anilines is 1. The van der Waals surface area contributed by atoms with E-state index in [4.69, 9.17) is 0 Å². The molecule has 0 bridgehead atoms. The van der Waals surface area contributed by atoms with Crippen LogP contribution < -0.4 is 4.90 Å². The molecular formula is C23H22F3N5O. The number of amides is 1. The fourth-order valence-electron chi connectivity index (χ4n) is 5.10. The van der Waals surface area contributed by atoms with E-state index < -0.39 is 17.8 Å². The van der Waals surface area contributed by atoms with Crippen LogP contribution in [0.5, 0.6) is 0 Å². The van der Waals surface area contributed by atoms with Gasteiger partial charge in [0, 0.05) is 17.3 Å². The standard InChI is InChI=1S/C23H22F3N5O/c1-13-5-3-6-16(9-13)30-12-27-29-21(30)20-17-7-4-8-18(17)22(32)31(20)19-11-15(23(24,25)26)10-14(2)28-19/h3,5-6,9-12,17-18,20H,4,7-8H2,1-2H3/t17-,18+,20-/m1/s1. The monoisotopic (exact) mass is 441 g/mol. The molecule has 5 rings (SSSR count). The van der Waals surface area contributed by atoms with Crippen LogP contribution in [-0.4, -0.2) is 25.7 Å². The van der Waals surface area contributed by atoms with Gasteiger partial charge in [-0.25, -0.2) is 4.98 Å². The van der Waals surface area contributed by atoms with Crippen molar-refractivity contribution in [2.75, 3.05) is 4.90 Å². The van der Waals surface area contributed by atoms with Crippen molar-refractivity contribution in [1.82, 2.24) is 19.7 Å². The van der Waals surface area contributed by atoms with Crippen LogP contribution in [0, 0.1) is 25.7 Å². The van der Waals surface area contributed by atoms with Crippen LogP contribution in [0.15, 0.2) is 42.7 Å². The molecule has 2 fully saturated rings. The van der Waals surface area contributed by atoms with Crippen LogP contribution >= 0.6 is 0 Å². The van der Waals surface area contributed by atoms with Crippen molar-refractivity contribution in [2.45, 2.75) is 45.3 Å². The van der Waals surface area contributed by atoms with Gasteiger partial charge in [-0.1, -0.05) is 18.6 Å². The van der Waals surface area contributed by atoms with Crippen LogP contribution in [0.25, 0.3) is 5.69 Å². The van der Waals surface area contributed by atoms with Crippen LogP contribution in [0.3, 0.4) is 0 Å². The number of fused-ring (bicyclic) bond motifs is 1. The highest BCUT2D eigenvalue weighted by atomic mass is 19.4. The zero-order valence-electron chi connectivity index (χ0n) is 17.7. The Bertz CT molecular complexity index is 1190. The third kappa shape index (κ3) is 3.36. The molecule has 2 aromatic heterocycles. The van der Waals surface area contributed by atoms with Crippen molar-refractivity contribution in [3.8, 4) is 5.69 Å². The molecule has 1 saturated heterocycles. The molecule has 3 atom stereocenters. The molecule has 1 amide bonds. The lowest BCUT2D eigenvalue weighted by Gasteiger charge is -2.27. The van der Waals surface area contributed by atoms with Crippen molar-refractivity contribution in [2.24, 2.45) is 11.8 Å². The number of pyridine rings is 1. The van der Waals surface area contributed by atoms with Gasteiger partial charge in [0.25, 0.3) is 0 Å². The van der Waals surface area contributed by atoms with Crippen LogP contribution in [-0.2, 0) is 11.0 Å². The summed E-state index contributed by atoms with van der Waals surface area (Å²) < 4.78 is 42.3. The molecule has 32 heavy (non-hydrogen) atoms. The Balaban J connectivity index is 1.66. The largest absolute Gasteiger partial charge is 0.416 e. The maximum absolute atomic E-state index is 13.5. The first-order valence-electron chi connectivity index (χ1n) is 10.6. The lowest BCUT2D eigenvalue weighted by molar-refractivity contribution is -0.137. The van der Waals surface area contributed by atoms with Gasteiger partial charge in [-0.2, -0.15) is 13.2 Å². The lowest BCUT2D eigenvalue weighted by Crippen LogP contribution is -2.33. The maximum Gasteiger partial charge on any atom is 0.416 e. The Morgan fingerprint density at radius 3 is 2.66 bits per heavy atom. The molecule has 0 spiro atoms. The summed E-state index contributed by atoms with van der Waals surface area (Å²) >= 11 is 0. The molecule has 0 N–H and O–H groups in total.